The van der Waals surface area contributed by atoms with Gasteiger partial charge in [-0.2, -0.15) is 12.7 Å². The molecule has 32 heavy (non-hydrogen) atoms. The van der Waals surface area contributed by atoms with Crippen molar-refractivity contribution in [2.24, 2.45) is 0 Å². The Hall–Kier alpha value is -3.05. The van der Waals surface area contributed by atoms with Crippen LogP contribution in [0.15, 0.2) is 48.5 Å². The average Bonchev–Trinajstić information content (AvgIpc) is 2.76. The predicted molar refractivity (Wildman–Crippen MR) is 117 cm³/mol. The molecule has 2 amide bonds. The Kier molecular flexibility index (Phi) is 8.28. The highest BCUT2D eigenvalue weighted by molar-refractivity contribution is 7.90. The number of nitrogens with one attached hydrogen (secondary N) is 1. The number of rotatable bonds is 9. The van der Waals surface area contributed by atoms with E-state index in [9.17, 15) is 26.8 Å². The van der Waals surface area contributed by atoms with Gasteiger partial charge in [0.05, 0.1) is 5.69 Å². The van der Waals surface area contributed by atoms with Crippen LogP contribution >= 0.6 is 0 Å². The van der Waals surface area contributed by atoms with Crippen molar-refractivity contribution < 1.29 is 26.8 Å². The Morgan fingerprint density at radius 3 is 2.16 bits per heavy atom. The first-order valence-electron chi connectivity index (χ1n) is 9.69. The SMILES string of the molecule is CNC(=O)[C@H](C)N(Cc1ccc(F)cc1)C(=O)CN(c1ccccc1F)S(=O)(=O)N(C)C. The Morgan fingerprint density at radius 2 is 1.62 bits per heavy atom. The zero-order valence-electron chi connectivity index (χ0n) is 18.2. The van der Waals surface area contributed by atoms with E-state index in [0.717, 1.165) is 15.3 Å². The minimum atomic E-state index is -4.24. The Morgan fingerprint density at radius 1 is 1.03 bits per heavy atom. The first-order chi connectivity index (χ1) is 15.0. The van der Waals surface area contributed by atoms with Gasteiger partial charge in [-0.3, -0.25) is 9.59 Å². The molecule has 0 fully saturated rings. The molecule has 0 bridgehead atoms. The quantitative estimate of drug-likeness (QED) is 0.607. The lowest BCUT2D eigenvalue weighted by atomic mass is 10.1. The van der Waals surface area contributed by atoms with Gasteiger partial charge in [0.2, 0.25) is 11.8 Å². The number of likely N-dealkylation sites (N-methyl/N-ethyl adjacent to an activating group) is 1. The fourth-order valence-electron chi connectivity index (χ4n) is 2.93. The minimum absolute atomic E-state index is 0.0825. The van der Waals surface area contributed by atoms with Crippen molar-refractivity contribution in [3.05, 3.63) is 65.7 Å². The van der Waals surface area contributed by atoms with Crippen molar-refractivity contribution in [1.82, 2.24) is 14.5 Å². The van der Waals surface area contributed by atoms with E-state index in [1.54, 1.807) is 0 Å². The molecule has 2 rings (SSSR count). The first kappa shape index (κ1) is 25.2. The molecule has 0 aliphatic rings. The number of benzene rings is 2. The second-order valence-electron chi connectivity index (χ2n) is 7.19. The van der Waals surface area contributed by atoms with Crippen LogP contribution in [-0.2, 0) is 26.3 Å². The van der Waals surface area contributed by atoms with Gasteiger partial charge in [-0.25, -0.2) is 13.1 Å². The van der Waals surface area contributed by atoms with E-state index < -0.39 is 46.2 Å². The van der Waals surface area contributed by atoms with Crippen LogP contribution in [-0.4, -0.2) is 63.2 Å². The number of para-hydroxylation sites is 1. The zero-order chi connectivity index (χ0) is 24.1. The number of hydrogen-bond donors (Lipinski definition) is 1. The number of nitrogens with zero attached hydrogens (tertiary/aromatic N) is 3. The topological polar surface area (TPSA) is 90.0 Å². The minimum Gasteiger partial charge on any atom is -0.357 e. The lowest BCUT2D eigenvalue weighted by molar-refractivity contribution is -0.139. The maximum absolute atomic E-state index is 14.5. The van der Waals surface area contributed by atoms with E-state index in [1.165, 1.54) is 70.5 Å². The van der Waals surface area contributed by atoms with Gasteiger partial charge >= 0.3 is 10.2 Å². The van der Waals surface area contributed by atoms with Crippen molar-refractivity contribution in [3.63, 3.8) is 0 Å². The fraction of sp³-hybridized carbons (Fsp3) is 0.333. The number of carbonyl (C=O) groups excluding carboxylic acids is 2. The largest absolute Gasteiger partial charge is 0.357 e. The normalized spacial score (nSPS) is 12.3. The summed E-state index contributed by atoms with van der Waals surface area (Å²) in [5, 5.41) is 2.44. The summed E-state index contributed by atoms with van der Waals surface area (Å²) < 4.78 is 55.0. The fourth-order valence-corrected chi connectivity index (χ4v) is 4.00. The predicted octanol–water partition coefficient (Wildman–Crippen LogP) is 1.74. The standard InChI is InChI=1S/C21H26F2N4O4S/c1-15(21(29)24-2)26(13-16-9-11-17(22)12-10-16)20(28)14-27(32(30,31)25(3)4)19-8-6-5-7-18(19)23/h5-12,15H,13-14H2,1-4H3,(H,24,29)/t15-/m0/s1. The number of amides is 2. The highest BCUT2D eigenvalue weighted by atomic mass is 32.2. The van der Waals surface area contributed by atoms with Crippen LogP contribution in [0.5, 0.6) is 0 Å². The third kappa shape index (κ3) is 5.80. The molecule has 2 aromatic rings. The number of halogens is 2. The average molecular weight is 469 g/mol. The van der Waals surface area contributed by atoms with E-state index in [0.29, 0.717) is 9.87 Å². The smallest absolute Gasteiger partial charge is 0.304 e. The second kappa shape index (κ2) is 10.5. The molecule has 0 saturated heterocycles. The van der Waals surface area contributed by atoms with Gasteiger partial charge in [-0.1, -0.05) is 24.3 Å². The van der Waals surface area contributed by atoms with Crippen molar-refractivity contribution in [1.29, 1.82) is 0 Å². The summed E-state index contributed by atoms with van der Waals surface area (Å²) in [6.45, 7) is 0.652. The van der Waals surface area contributed by atoms with E-state index in [4.69, 9.17) is 0 Å². The van der Waals surface area contributed by atoms with E-state index in [2.05, 4.69) is 5.32 Å². The summed E-state index contributed by atoms with van der Waals surface area (Å²) in [4.78, 5) is 26.7. The Balaban J connectivity index is 2.45. The molecule has 0 radical (unpaired) electrons. The summed E-state index contributed by atoms with van der Waals surface area (Å²) in [7, 11) is -0.318. The van der Waals surface area contributed by atoms with Crippen LogP contribution in [0.25, 0.3) is 0 Å². The summed E-state index contributed by atoms with van der Waals surface area (Å²) in [6, 6.07) is 9.55. The maximum Gasteiger partial charge on any atom is 0.304 e. The van der Waals surface area contributed by atoms with Crippen LogP contribution < -0.4 is 9.62 Å². The van der Waals surface area contributed by atoms with Crippen molar-refractivity contribution in [2.75, 3.05) is 32.0 Å². The highest BCUT2D eigenvalue weighted by Gasteiger charge is 2.33. The maximum atomic E-state index is 14.5. The van der Waals surface area contributed by atoms with Gasteiger partial charge in [0.1, 0.15) is 24.2 Å². The van der Waals surface area contributed by atoms with E-state index in [1.807, 2.05) is 0 Å². The molecule has 8 nitrogen and oxygen atoms in total. The molecular formula is C21H26F2N4O4S. The molecule has 0 aromatic heterocycles. The molecule has 174 valence electrons. The van der Waals surface area contributed by atoms with Gasteiger partial charge in [-0.05, 0) is 36.8 Å². The lowest BCUT2D eigenvalue weighted by Crippen LogP contribution is -2.52. The van der Waals surface area contributed by atoms with Crippen LogP contribution in [0.3, 0.4) is 0 Å². The Bertz CT molecular complexity index is 1060. The molecule has 0 aliphatic carbocycles. The third-order valence-electron chi connectivity index (χ3n) is 4.82. The van der Waals surface area contributed by atoms with Crippen LogP contribution in [0.2, 0.25) is 0 Å². The van der Waals surface area contributed by atoms with Crippen LogP contribution in [0.4, 0.5) is 14.5 Å². The van der Waals surface area contributed by atoms with Crippen molar-refractivity contribution in [3.8, 4) is 0 Å². The first-order valence-corrected chi connectivity index (χ1v) is 11.1. The summed E-state index contributed by atoms with van der Waals surface area (Å²) >= 11 is 0. The molecule has 0 unspecified atom stereocenters. The number of hydrogen-bond acceptors (Lipinski definition) is 4. The van der Waals surface area contributed by atoms with Crippen LogP contribution in [0, 0.1) is 11.6 Å². The van der Waals surface area contributed by atoms with Gasteiger partial charge < -0.3 is 10.2 Å². The van der Waals surface area contributed by atoms with Crippen LogP contribution in [0.1, 0.15) is 12.5 Å². The summed E-state index contributed by atoms with van der Waals surface area (Å²) in [5.74, 6) is -2.50. The van der Waals surface area contributed by atoms with Gasteiger partial charge in [-0.15, -0.1) is 0 Å². The zero-order valence-corrected chi connectivity index (χ0v) is 19.1. The van der Waals surface area contributed by atoms with Crippen molar-refractivity contribution in [2.45, 2.75) is 19.5 Å². The number of anilines is 1. The third-order valence-corrected chi connectivity index (χ3v) is 6.63. The van der Waals surface area contributed by atoms with Crippen molar-refractivity contribution >= 4 is 27.7 Å². The van der Waals surface area contributed by atoms with E-state index in [-0.39, 0.29) is 12.2 Å². The molecule has 1 atom stereocenters. The Labute approximate surface area is 186 Å². The molecule has 1 N–H and O–H groups in total. The van der Waals surface area contributed by atoms with Gasteiger partial charge in [0, 0.05) is 27.7 Å². The molecule has 0 aliphatic heterocycles. The summed E-state index contributed by atoms with van der Waals surface area (Å²) in [6.07, 6.45) is 0. The second-order valence-corrected chi connectivity index (χ2v) is 9.25. The molecular weight excluding hydrogens is 442 g/mol. The highest BCUT2D eigenvalue weighted by Crippen LogP contribution is 2.23. The molecule has 11 heteroatoms. The summed E-state index contributed by atoms with van der Waals surface area (Å²) in [5.41, 5.74) is 0.229. The molecule has 0 heterocycles. The molecule has 0 spiro atoms. The monoisotopic (exact) mass is 468 g/mol. The van der Waals surface area contributed by atoms with Gasteiger partial charge in [0.15, 0.2) is 0 Å². The molecule has 0 saturated carbocycles. The number of carbonyl (C=O) groups is 2. The van der Waals surface area contributed by atoms with Gasteiger partial charge in [0.25, 0.3) is 0 Å². The van der Waals surface area contributed by atoms with E-state index >= 15 is 0 Å². The molecule has 2 aromatic carbocycles. The lowest BCUT2D eigenvalue weighted by Gasteiger charge is -2.32.